The molecule has 0 saturated heterocycles. The fourth-order valence-corrected chi connectivity index (χ4v) is 2.45. The lowest BCUT2D eigenvalue weighted by Gasteiger charge is -2.26. The first-order valence-corrected chi connectivity index (χ1v) is 7.53. The minimum absolute atomic E-state index is 0.0526. The Kier molecular flexibility index (Phi) is 4.37. The highest BCUT2D eigenvalue weighted by Crippen LogP contribution is 2.31. The molecular weight excluding hydrogens is 308 g/mol. The van der Waals surface area contributed by atoms with E-state index in [-0.39, 0.29) is 18.4 Å². The van der Waals surface area contributed by atoms with Gasteiger partial charge >= 0.3 is 0 Å². The topological polar surface area (TPSA) is 67.9 Å². The van der Waals surface area contributed by atoms with E-state index in [1.54, 1.807) is 43.3 Å². The van der Waals surface area contributed by atoms with Crippen LogP contribution in [-0.4, -0.2) is 32.6 Å². The highest BCUT2D eigenvalue weighted by molar-refractivity contribution is 5.97. The number of methoxy groups -OCH3 is 1. The summed E-state index contributed by atoms with van der Waals surface area (Å²) in [4.78, 5) is 25.4. The molecule has 0 spiro atoms. The SMILES string of the molecule is COc1ccc(C(=O)NCc2ccc3c(c2)N(C)C(=O)CO3)cc1. The zero-order valence-electron chi connectivity index (χ0n) is 13.5. The molecule has 3 rings (SSSR count). The summed E-state index contributed by atoms with van der Waals surface area (Å²) in [5, 5.41) is 2.86. The zero-order chi connectivity index (χ0) is 17.1. The van der Waals surface area contributed by atoms with Gasteiger partial charge in [-0.25, -0.2) is 0 Å². The summed E-state index contributed by atoms with van der Waals surface area (Å²) in [6, 6.07) is 12.4. The summed E-state index contributed by atoms with van der Waals surface area (Å²) in [5.41, 5.74) is 2.16. The van der Waals surface area contributed by atoms with Crippen molar-refractivity contribution in [2.24, 2.45) is 0 Å². The molecule has 0 bridgehead atoms. The predicted octanol–water partition coefficient (Wildman–Crippen LogP) is 1.98. The van der Waals surface area contributed by atoms with Crippen LogP contribution in [0.15, 0.2) is 42.5 Å². The lowest BCUT2D eigenvalue weighted by Crippen LogP contribution is -2.35. The Morgan fingerprint density at radius 2 is 2.00 bits per heavy atom. The Morgan fingerprint density at radius 1 is 1.25 bits per heavy atom. The second-order valence-corrected chi connectivity index (χ2v) is 5.45. The number of benzene rings is 2. The summed E-state index contributed by atoms with van der Waals surface area (Å²) < 4.78 is 10.5. The van der Waals surface area contributed by atoms with Gasteiger partial charge in [-0.15, -0.1) is 0 Å². The quantitative estimate of drug-likeness (QED) is 0.933. The number of ether oxygens (including phenoxy) is 2. The summed E-state index contributed by atoms with van der Waals surface area (Å²) in [6.07, 6.45) is 0. The van der Waals surface area contributed by atoms with Crippen molar-refractivity contribution >= 4 is 17.5 Å². The van der Waals surface area contributed by atoms with E-state index in [1.807, 2.05) is 18.2 Å². The number of carbonyl (C=O) groups is 2. The van der Waals surface area contributed by atoms with Crippen LogP contribution in [0.25, 0.3) is 0 Å². The van der Waals surface area contributed by atoms with E-state index in [0.717, 1.165) is 5.56 Å². The molecule has 0 atom stereocenters. The standard InChI is InChI=1S/C18H18N2O4/c1-20-15-9-12(3-8-16(15)24-11-17(20)21)10-19-18(22)13-4-6-14(23-2)7-5-13/h3-9H,10-11H2,1-2H3,(H,19,22). The van der Waals surface area contributed by atoms with Gasteiger partial charge in [-0.2, -0.15) is 0 Å². The average molecular weight is 326 g/mol. The molecule has 1 aliphatic rings. The molecular formula is C18H18N2O4. The summed E-state index contributed by atoms with van der Waals surface area (Å²) in [6.45, 7) is 0.414. The number of carbonyl (C=O) groups excluding carboxylic acids is 2. The maximum absolute atomic E-state index is 12.2. The molecule has 2 aromatic rings. The number of amides is 2. The first-order valence-electron chi connectivity index (χ1n) is 7.53. The van der Waals surface area contributed by atoms with Gasteiger partial charge in [0.05, 0.1) is 12.8 Å². The Bertz CT molecular complexity index is 771. The van der Waals surface area contributed by atoms with Crippen molar-refractivity contribution < 1.29 is 19.1 Å². The molecule has 0 fully saturated rings. The van der Waals surface area contributed by atoms with Crippen LogP contribution in [0.1, 0.15) is 15.9 Å². The second kappa shape index (κ2) is 6.62. The fourth-order valence-electron chi connectivity index (χ4n) is 2.45. The maximum atomic E-state index is 12.2. The van der Waals surface area contributed by atoms with Crippen LogP contribution in [0.5, 0.6) is 11.5 Å². The number of hydrogen-bond donors (Lipinski definition) is 1. The van der Waals surface area contributed by atoms with Crippen molar-refractivity contribution in [3.63, 3.8) is 0 Å². The number of nitrogens with one attached hydrogen (secondary N) is 1. The third-order valence-electron chi connectivity index (χ3n) is 3.92. The van der Waals surface area contributed by atoms with E-state index in [2.05, 4.69) is 5.32 Å². The molecule has 1 heterocycles. The number of likely N-dealkylation sites (N-methyl/N-ethyl adjacent to an activating group) is 1. The van der Waals surface area contributed by atoms with Crippen LogP contribution in [-0.2, 0) is 11.3 Å². The van der Waals surface area contributed by atoms with Crippen molar-refractivity contribution in [3.05, 3.63) is 53.6 Å². The predicted molar refractivity (Wildman–Crippen MR) is 89.5 cm³/mol. The molecule has 1 aliphatic heterocycles. The average Bonchev–Trinajstić information content (AvgIpc) is 2.63. The van der Waals surface area contributed by atoms with E-state index in [1.165, 1.54) is 0 Å². The molecule has 0 radical (unpaired) electrons. The summed E-state index contributed by atoms with van der Waals surface area (Å²) in [5.74, 6) is 1.11. The van der Waals surface area contributed by atoms with Crippen molar-refractivity contribution in [2.45, 2.75) is 6.54 Å². The van der Waals surface area contributed by atoms with E-state index < -0.39 is 0 Å². The van der Waals surface area contributed by atoms with Gasteiger partial charge in [0.1, 0.15) is 11.5 Å². The third kappa shape index (κ3) is 3.17. The van der Waals surface area contributed by atoms with Gasteiger partial charge in [0, 0.05) is 19.2 Å². The van der Waals surface area contributed by atoms with E-state index in [4.69, 9.17) is 9.47 Å². The second-order valence-electron chi connectivity index (χ2n) is 5.45. The number of hydrogen-bond acceptors (Lipinski definition) is 4. The molecule has 1 N–H and O–H groups in total. The number of anilines is 1. The molecule has 124 valence electrons. The molecule has 0 aliphatic carbocycles. The normalized spacial score (nSPS) is 13.1. The number of rotatable bonds is 4. The van der Waals surface area contributed by atoms with Crippen LogP contribution in [0, 0.1) is 0 Å². The van der Waals surface area contributed by atoms with Gasteiger partial charge < -0.3 is 19.7 Å². The molecule has 2 aromatic carbocycles. The highest BCUT2D eigenvalue weighted by Gasteiger charge is 2.22. The van der Waals surface area contributed by atoms with E-state index in [9.17, 15) is 9.59 Å². The van der Waals surface area contributed by atoms with Crippen molar-refractivity contribution in [1.82, 2.24) is 5.32 Å². The Labute approximate surface area is 140 Å². The van der Waals surface area contributed by atoms with Gasteiger partial charge in [-0.1, -0.05) is 6.07 Å². The largest absolute Gasteiger partial charge is 0.497 e. The van der Waals surface area contributed by atoms with Crippen LogP contribution >= 0.6 is 0 Å². The van der Waals surface area contributed by atoms with E-state index >= 15 is 0 Å². The van der Waals surface area contributed by atoms with Gasteiger partial charge in [0.15, 0.2) is 6.61 Å². The maximum Gasteiger partial charge on any atom is 0.264 e. The molecule has 6 heteroatoms. The Balaban J connectivity index is 1.68. The first-order chi connectivity index (χ1) is 11.6. The molecule has 2 amide bonds. The molecule has 0 saturated carbocycles. The summed E-state index contributed by atoms with van der Waals surface area (Å²) >= 11 is 0. The van der Waals surface area contributed by atoms with Crippen molar-refractivity contribution in [1.29, 1.82) is 0 Å². The lowest BCUT2D eigenvalue weighted by atomic mass is 10.1. The van der Waals surface area contributed by atoms with Crippen LogP contribution in [0.3, 0.4) is 0 Å². The van der Waals surface area contributed by atoms with Crippen LogP contribution in [0.2, 0.25) is 0 Å². The number of fused-ring (bicyclic) bond motifs is 1. The van der Waals surface area contributed by atoms with Crippen LogP contribution in [0.4, 0.5) is 5.69 Å². The third-order valence-corrected chi connectivity index (χ3v) is 3.92. The molecule has 0 aromatic heterocycles. The lowest BCUT2D eigenvalue weighted by molar-refractivity contribution is -0.120. The Morgan fingerprint density at radius 3 is 2.71 bits per heavy atom. The molecule has 24 heavy (non-hydrogen) atoms. The van der Waals surface area contributed by atoms with Crippen molar-refractivity contribution in [3.8, 4) is 11.5 Å². The van der Waals surface area contributed by atoms with Crippen molar-refractivity contribution in [2.75, 3.05) is 25.7 Å². The summed E-state index contributed by atoms with van der Waals surface area (Å²) in [7, 11) is 3.29. The number of nitrogens with zero attached hydrogens (tertiary/aromatic N) is 1. The van der Waals surface area contributed by atoms with Gasteiger partial charge in [-0.3, -0.25) is 9.59 Å². The first kappa shape index (κ1) is 15.9. The smallest absolute Gasteiger partial charge is 0.264 e. The van der Waals surface area contributed by atoms with E-state index in [0.29, 0.717) is 29.3 Å². The van der Waals surface area contributed by atoms with Crippen LogP contribution < -0.4 is 19.7 Å². The fraction of sp³-hybridized carbons (Fsp3) is 0.222. The molecule has 0 unspecified atom stereocenters. The Hall–Kier alpha value is -3.02. The van der Waals surface area contributed by atoms with Gasteiger partial charge in [0.2, 0.25) is 0 Å². The van der Waals surface area contributed by atoms with Gasteiger partial charge in [-0.05, 0) is 42.0 Å². The molecule has 6 nitrogen and oxygen atoms in total. The highest BCUT2D eigenvalue weighted by atomic mass is 16.5. The minimum Gasteiger partial charge on any atom is -0.497 e. The monoisotopic (exact) mass is 326 g/mol. The minimum atomic E-state index is -0.170. The zero-order valence-corrected chi connectivity index (χ0v) is 13.5. The van der Waals surface area contributed by atoms with Gasteiger partial charge in [0.25, 0.3) is 11.8 Å².